The van der Waals surface area contributed by atoms with Gasteiger partial charge in [0.05, 0.1) is 7.11 Å². The Hall–Kier alpha value is -0.570. The van der Waals surface area contributed by atoms with Crippen molar-refractivity contribution in [1.82, 2.24) is 5.32 Å². The molecule has 0 saturated carbocycles. The van der Waals surface area contributed by atoms with Crippen molar-refractivity contribution >= 4 is 5.97 Å². The van der Waals surface area contributed by atoms with E-state index in [0.717, 1.165) is 19.4 Å². The van der Waals surface area contributed by atoms with Crippen molar-refractivity contribution < 1.29 is 9.53 Å². The molecule has 1 unspecified atom stereocenters. The van der Waals surface area contributed by atoms with Crippen LogP contribution in [0.25, 0.3) is 0 Å². The first kappa shape index (κ1) is 13.4. The SMILES string of the molecule is CCC(NCCC(C)(C)C)C(=O)OC. The molecule has 0 fully saturated rings. The lowest BCUT2D eigenvalue weighted by Gasteiger charge is -2.20. The van der Waals surface area contributed by atoms with Gasteiger partial charge >= 0.3 is 5.97 Å². The van der Waals surface area contributed by atoms with Gasteiger partial charge in [0.25, 0.3) is 0 Å². The summed E-state index contributed by atoms with van der Waals surface area (Å²) in [5, 5.41) is 3.20. The van der Waals surface area contributed by atoms with Gasteiger partial charge in [0.15, 0.2) is 0 Å². The second-order valence-electron chi connectivity index (χ2n) is 4.75. The van der Waals surface area contributed by atoms with Crippen LogP contribution in [0.3, 0.4) is 0 Å². The third kappa shape index (κ3) is 5.97. The summed E-state index contributed by atoms with van der Waals surface area (Å²) in [7, 11) is 1.43. The lowest BCUT2D eigenvalue weighted by molar-refractivity contribution is -0.143. The van der Waals surface area contributed by atoms with E-state index in [1.54, 1.807) is 0 Å². The van der Waals surface area contributed by atoms with Gasteiger partial charge in [-0.1, -0.05) is 27.7 Å². The second-order valence-corrected chi connectivity index (χ2v) is 4.75. The lowest BCUT2D eigenvalue weighted by atomic mass is 9.92. The van der Waals surface area contributed by atoms with Gasteiger partial charge < -0.3 is 10.1 Å². The van der Waals surface area contributed by atoms with E-state index < -0.39 is 0 Å². The van der Waals surface area contributed by atoms with Crippen LogP contribution in [0.4, 0.5) is 0 Å². The zero-order valence-corrected chi connectivity index (χ0v) is 10.0. The van der Waals surface area contributed by atoms with Crippen molar-refractivity contribution in [1.29, 1.82) is 0 Å². The molecule has 0 aliphatic carbocycles. The van der Waals surface area contributed by atoms with Crippen LogP contribution in [-0.2, 0) is 9.53 Å². The predicted octanol–water partition coefficient (Wildman–Crippen LogP) is 1.96. The molecule has 3 heteroatoms. The summed E-state index contributed by atoms with van der Waals surface area (Å²) in [6.07, 6.45) is 1.83. The largest absolute Gasteiger partial charge is 0.468 e. The fraction of sp³-hybridized carbons (Fsp3) is 0.909. The van der Waals surface area contributed by atoms with E-state index in [9.17, 15) is 4.79 Å². The highest BCUT2D eigenvalue weighted by atomic mass is 16.5. The highest BCUT2D eigenvalue weighted by Gasteiger charge is 2.17. The van der Waals surface area contributed by atoms with Crippen molar-refractivity contribution in [2.45, 2.75) is 46.6 Å². The molecule has 0 aromatic rings. The van der Waals surface area contributed by atoms with Gasteiger partial charge in [0.1, 0.15) is 6.04 Å². The Balaban J connectivity index is 3.80. The van der Waals surface area contributed by atoms with Gasteiger partial charge in [-0.15, -0.1) is 0 Å². The number of hydrogen-bond donors (Lipinski definition) is 1. The monoisotopic (exact) mass is 201 g/mol. The quantitative estimate of drug-likeness (QED) is 0.691. The minimum Gasteiger partial charge on any atom is -0.468 e. The molecule has 0 aliphatic heterocycles. The van der Waals surface area contributed by atoms with Crippen LogP contribution in [0, 0.1) is 5.41 Å². The summed E-state index contributed by atoms with van der Waals surface area (Å²) in [4.78, 5) is 11.2. The third-order valence-corrected chi connectivity index (χ3v) is 2.16. The highest BCUT2D eigenvalue weighted by molar-refractivity contribution is 5.75. The highest BCUT2D eigenvalue weighted by Crippen LogP contribution is 2.17. The summed E-state index contributed by atoms with van der Waals surface area (Å²) >= 11 is 0. The van der Waals surface area contributed by atoms with Gasteiger partial charge in [0.2, 0.25) is 0 Å². The van der Waals surface area contributed by atoms with Gasteiger partial charge in [-0.3, -0.25) is 4.79 Å². The molecule has 0 aromatic heterocycles. The van der Waals surface area contributed by atoms with Crippen LogP contribution in [-0.4, -0.2) is 25.7 Å². The van der Waals surface area contributed by atoms with Gasteiger partial charge in [-0.2, -0.15) is 0 Å². The van der Waals surface area contributed by atoms with E-state index >= 15 is 0 Å². The average Bonchev–Trinajstić information content (AvgIpc) is 2.09. The van der Waals surface area contributed by atoms with Gasteiger partial charge in [0, 0.05) is 0 Å². The standard InChI is InChI=1S/C11H23NO2/c1-6-9(10(13)14-5)12-8-7-11(2,3)4/h9,12H,6-8H2,1-5H3. The second kappa shape index (κ2) is 6.02. The maximum absolute atomic E-state index is 11.2. The molecule has 0 saturated heterocycles. The number of ether oxygens (including phenoxy) is 1. The van der Waals surface area contributed by atoms with Gasteiger partial charge in [-0.25, -0.2) is 0 Å². The molecule has 0 aromatic carbocycles. The van der Waals surface area contributed by atoms with Gasteiger partial charge in [-0.05, 0) is 24.8 Å². The van der Waals surface area contributed by atoms with Crippen LogP contribution in [0.5, 0.6) is 0 Å². The molecule has 0 amide bonds. The molecular weight excluding hydrogens is 178 g/mol. The average molecular weight is 201 g/mol. The van der Waals surface area contributed by atoms with Crippen LogP contribution >= 0.6 is 0 Å². The molecular formula is C11H23NO2. The van der Waals surface area contributed by atoms with Crippen LogP contribution in [0.15, 0.2) is 0 Å². The van der Waals surface area contributed by atoms with Crippen molar-refractivity contribution in [3.8, 4) is 0 Å². The lowest BCUT2D eigenvalue weighted by Crippen LogP contribution is -2.38. The normalized spacial score (nSPS) is 13.8. The molecule has 0 rings (SSSR count). The third-order valence-electron chi connectivity index (χ3n) is 2.16. The first-order valence-electron chi connectivity index (χ1n) is 5.22. The number of methoxy groups -OCH3 is 1. The van der Waals surface area contributed by atoms with E-state index in [0.29, 0.717) is 5.41 Å². The fourth-order valence-electron chi connectivity index (χ4n) is 1.16. The van der Waals surface area contributed by atoms with Crippen molar-refractivity contribution in [3.63, 3.8) is 0 Å². The number of carbonyl (C=O) groups is 1. The number of rotatable bonds is 5. The molecule has 1 atom stereocenters. The number of hydrogen-bond acceptors (Lipinski definition) is 3. The van der Waals surface area contributed by atoms with E-state index in [2.05, 4.69) is 30.8 Å². The number of carbonyl (C=O) groups excluding carboxylic acids is 1. The fourth-order valence-corrected chi connectivity index (χ4v) is 1.16. The zero-order chi connectivity index (χ0) is 11.2. The van der Waals surface area contributed by atoms with E-state index in [1.165, 1.54) is 7.11 Å². The maximum Gasteiger partial charge on any atom is 0.322 e. The Morgan fingerprint density at radius 1 is 1.43 bits per heavy atom. The van der Waals surface area contributed by atoms with Crippen molar-refractivity contribution in [2.75, 3.05) is 13.7 Å². The predicted molar refractivity (Wildman–Crippen MR) is 58.2 cm³/mol. The summed E-state index contributed by atoms with van der Waals surface area (Å²) in [5.74, 6) is -0.165. The molecule has 14 heavy (non-hydrogen) atoms. The first-order chi connectivity index (χ1) is 6.40. The Labute approximate surface area is 87.2 Å². The number of nitrogens with one attached hydrogen (secondary N) is 1. The minimum absolute atomic E-state index is 0.151. The summed E-state index contributed by atoms with van der Waals surface area (Å²) in [5.41, 5.74) is 0.307. The molecule has 0 spiro atoms. The number of esters is 1. The van der Waals surface area contributed by atoms with Crippen LogP contribution < -0.4 is 5.32 Å². The van der Waals surface area contributed by atoms with Crippen LogP contribution in [0.1, 0.15) is 40.5 Å². The maximum atomic E-state index is 11.2. The Morgan fingerprint density at radius 3 is 2.36 bits per heavy atom. The first-order valence-corrected chi connectivity index (χ1v) is 5.22. The van der Waals surface area contributed by atoms with E-state index in [1.807, 2.05) is 6.92 Å². The molecule has 1 N–H and O–H groups in total. The molecule has 0 aliphatic rings. The van der Waals surface area contributed by atoms with Crippen LogP contribution in [0.2, 0.25) is 0 Å². The molecule has 0 bridgehead atoms. The molecule has 3 nitrogen and oxygen atoms in total. The Kier molecular flexibility index (Phi) is 5.77. The molecule has 84 valence electrons. The summed E-state index contributed by atoms with van der Waals surface area (Å²) < 4.78 is 4.68. The minimum atomic E-state index is -0.165. The Morgan fingerprint density at radius 2 is 2.00 bits per heavy atom. The van der Waals surface area contributed by atoms with E-state index in [4.69, 9.17) is 0 Å². The molecule has 0 radical (unpaired) electrons. The Bertz CT molecular complexity index is 173. The summed E-state index contributed by atoms with van der Waals surface area (Å²) in [6, 6.07) is -0.151. The van der Waals surface area contributed by atoms with Crippen molar-refractivity contribution in [3.05, 3.63) is 0 Å². The smallest absolute Gasteiger partial charge is 0.322 e. The van der Waals surface area contributed by atoms with Crippen molar-refractivity contribution in [2.24, 2.45) is 5.41 Å². The topological polar surface area (TPSA) is 38.3 Å². The summed E-state index contributed by atoms with van der Waals surface area (Å²) in [6.45, 7) is 9.40. The van der Waals surface area contributed by atoms with E-state index in [-0.39, 0.29) is 12.0 Å². The zero-order valence-electron chi connectivity index (χ0n) is 10.0. The molecule has 0 heterocycles.